The number of aliphatic hydroxyl groups excluding tert-OH is 2. The van der Waals surface area contributed by atoms with Crippen LogP contribution in [0, 0.1) is 19.8 Å². The van der Waals surface area contributed by atoms with E-state index < -0.39 is 24.6 Å². The van der Waals surface area contributed by atoms with Crippen molar-refractivity contribution in [3.63, 3.8) is 0 Å². The highest BCUT2D eigenvalue weighted by atomic mass is 32.1. The summed E-state index contributed by atoms with van der Waals surface area (Å²) in [7, 11) is 0. The van der Waals surface area contributed by atoms with E-state index in [0.29, 0.717) is 34.1 Å². The standard InChI is InChI=1S/C28H31F3N6O3S/c1-5-16-12-19(24(39)23(16)38)35-25-21(26-36-22-15(4)32-11-10-20(22)41-26)14(3)34-27(37-25)33-13(2)17-6-8-18(9-7-17)40-28(29,30)31/h6-11,13,16,19,23-24,38-39H,5,12H2,1-4H3,(H2,33,34,35,37)/t13-,16+,19-,23-,24+/m1/s1. The molecule has 5 rings (SSSR count). The van der Waals surface area contributed by atoms with Gasteiger partial charge in [0.1, 0.15) is 28.2 Å². The molecule has 1 aromatic carbocycles. The number of ether oxygens (including phenoxy) is 1. The minimum Gasteiger partial charge on any atom is -0.406 e. The molecule has 1 aliphatic rings. The number of thiazole rings is 1. The Morgan fingerprint density at radius 2 is 1.78 bits per heavy atom. The molecule has 218 valence electrons. The van der Waals surface area contributed by atoms with Gasteiger partial charge in [-0.2, -0.15) is 4.98 Å². The number of alkyl halides is 3. The first-order valence-electron chi connectivity index (χ1n) is 13.3. The molecule has 1 saturated carbocycles. The number of hydrogen-bond acceptors (Lipinski definition) is 10. The Bertz CT molecular complexity index is 1530. The third-order valence-corrected chi connectivity index (χ3v) is 8.44. The molecule has 5 atom stereocenters. The van der Waals surface area contributed by atoms with Crippen LogP contribution in [0.1, 0.15) is 49.7 Å². The van der Waals surface area contributed by atoms with Crippen molar-refractivity contribution in [3.8, 4) is 16.3 Å². The lowest BCUT2D eigenvalue weighted by atomic mass is 10.0. The number of anilines is 2. The summed E-state index contributed by atoms with van der Waals surface area (Å²) in [6, 6.07) is 6.70. The van der Waals surface area contributed by atoms with Gasteiger partial charge in [-0.05, 0) is 56.9 Å². The first-order chi connectivity index (χ1) is 19.4. The molecule has 3 heterocycles. The molecular formula is C28H31F3N6O3S. The molecule has 9 nitrogen and oxygen atoms in total. The van der Waals surface area contributed by atoms with E-state index in [9.17, 15) is 23.4 Å². The highest BCUT2D eigenvalue weighted by molar-refractivity contribution is 7.21. The van der Waals surface area contributed by atoms with E-state index >= 15 is 0 Å². The van der Waals surface area contributed by atoms with Crippen molar-refractivity contribution >= 4 is 33.3 Å². The molecule has 0 amide bonds. The Morgan fingerprint density at radius 1 is 1.05 bits per heavy atom. The average Bonchev–Trinajstić information content (AvgIpc) is 3.45. The number of aromatic nitrogens is 4. The van der Waals surface area contributed by atoms with Gasteiger partial charge in [-0.3, -0.25) is 4.98 Å². The molecule has 3 aromatic heterocycles. The lowest BCUT2D eigenvalue weighted by Gasteiger charge is -2.22. The van der Waals surface area contributed by atoms with E-state index in [-0.39, 0.29) is 23.7 Å². The van der Waals surface area contributed by atoms with Gasteiger partial charge >= 0.3 is 6.36 Å². The minimum atomic E-state index is -4.76. The summed E-state index contributed by atoms with van der Waals surface area (Å²) in [5.41, 5.74) is 3.61. The molecule has 0 radical (unpaired) electrons. The normalized spacial score (nSPS) is 21.7. The fourth-order valence-corrected chi connectivity index (χ4v) is 6.28. The van der Waals surface area contributed by atoms with Crippen molar-refractivity contribution in [1.82, 2.24) is 19.9 Å². The zero-order valence-electron chi connectivity index (χ0n) is 22.9. The van der Waals surface area contributed by atoms with E-state index in [0.717, 1.165) is 22.3 Å². The predicted molar refractivity (Wildman–Crippen MR) is 151 cm³/mol. The average molecular weight is 589 g/mol. The van der Waals surface area contributed by atoms with Crippen LogP contribution in [0.5, 0.6) is 5.75 Å². The molecule has 4 N–H and O–H groups in total. The lowest BCUT2D eigenvalue weighted by Crippen LogP contribution is -2.35. The van der Waals surface area contributed by atoms with Gasteiger partial charge in [0.05, 0.1) is 39.8 Å². The molecule has 0 spiro atoms. The molecule has 1 fully saturated rings. The van der Waals surface area contributed by atoms with E-state index in [4.69, 9.17) is 9.97 Å². The number of rotatable bonds is 8. The van der Waals surface area contributed by atoms with Crippen LogP contribution in [0.2, 0.25) is 0 Å². The summed E-state index contributed by atoms with van der Waals surface area (Å²) in [6.07, 6.45) is -3.55. The van der Waals surface area contributed by atoms with E-state index in [1.807, 2.05) is 33.8 Å². The second-order valence-corrected chi connectivity index (χ2v) is 11.3. The Kier molecular flexibility index (Phi) is 8.04. The maximum Gasteiger partial charge on any atom is 0.573 e. The summed E-state index contributed by atoms with van der Waals surface area (Å²) in [4.78, 5) is 18.6. The van der Waals surface area contributed by atoms with Gasteiger partial charge in [0.25, 0.3) is 0 Å². The van der Waals surface area contributed by atoms with Crippen LogP contribution in [0.4, 0.5) is 24.9 Å². The third-order valence-electron chi connectivity index (χ3n) is 7.40. The first-order valence-corrected chi connectivity index (χ1v) is 14.1. The number of aryl methyl sites for hydroxylation is 2. The van der Waals surface area contributed by atoms with Crippen molar-refractivity contribution in [2.24, 2.45) is 5.92 Å². The number of aliphatic hydroxyl groups is 2. The summed E-state index contributed by atoms with van der Waals surface area (Å²) in [5, 5.41) is 28.6. The van der Waals surface area contributed by atoms with Crippen LogP contribution in [-0.4, -0.2) is 54.8 Å². The Hall–Kier alpha value is -3.55. The van der Waals surface area contributed by atoms with Crippen molar-refractivity contribution in [1.29, 1.82) is 0 Å². The predicted octanol–water partition coefficient (Wildman–Crippen LogP) is 5.77. The smallest absolute Gasteiger partial charge is 0.406 e. The summed E-state index contributed by atoms with van der Waals surface area (Å²) < 4.78 is 42.5. The summed E-state index contributed by atoms with van der Waals surface area (Å²) in [6.45, 7) is 7.55. The number of benzene rings is 1. The summed E-state index contributed by atoms with van der Waals surface area (Å²) >= 11 is 1.48. The van der Waals surface area contributed by atoms with Gasteiger partial charge in [0, 0.05) is 6.20 Å². The molecule has 4 aromatic rings. The van der Waals surface area contributed by atoms with Gasteiger partial charge in [-0.25, -0.2) is 9.97 Å². The third kappa shape index (κ3) is 6.21. The fourth-order valence-electron chi connectivity index (χ4n) is 5.17. The van der Waals surface area contributed by atoms with Crippen LogP contribution in [0.25, 0.3) is 20.8 Å². The van der Waals surface area contributed by atoms with Crippen LogP contribution in [0.15, 0.2) is 36.5 Å². The zero-order valence-corrected chi connectivity index (χ0v) is 23.7. The molecule has 0 aliphatic heterocycles. The SMILES string of the molecule is CC[C@H]1C[C@@H](Nc2nc(N[C@H](C)c3ccc(OC(F)(F)F)cc3)nc(C)c2-c2nc3c(C)nccc3s2)[C@H](O)[C@@H]1O. The number of pyridine rings is 1. The van der Waals surface area contributed by atoms with Crippen molar-refractivity contribution < 1.29 is 28.1 Å². The van der Waals surface area contributed by atoms with Crippen molar-refractivity contribution in [2.45, 2.75) is 71.2 Å². The van der Waals surface area contributed by atoms with Gasteiger partial charge in [0.2, 0.25) is 5.95 Å². The molecule has 0 unspecified atom stereocenters. The van der Waals surface area contributed by atoms with Gasteiger partial charge in [0.15, 0.2) is 0 Å². The number of hydrogen-bond donors (Lipinski definition) is 4. The molecule has 0 bridgehead atoms. The molecule has 0 saturated heterocycles. The fraction of sp³-hybridized carbons (Fsp3) is 0.429. The number of halogens is 3. The quantitative estimate of drug-likeness (QED) is 0.203. The van der Waals surface area contributed by atoms with Crippen molar-refractivity contribution in [3.05, 3.63) is 53.5 Å². The molecule has 13 heteroatoms. The number of fused-ring (bicyclic) bond motifs is 1. The van der Waals surface area contributed by atoms with Gasteiger partial charge in [-0.15, -0.1) is 24.5 Å². The Balaban J connectivity index is 1.48. The molecular weight excluding hydrogens is 557 g/mol. The largest absolute Gasteiger partial charge is 0.573 e. The molecule has 1 aliphatic carbocycles. The van der Waals surface area contributed by atoms with E-state index in [1.54, 1.807) is 6.20 Å². The summed E-state index contributed by atoms with van der Waals surface area (Å²) in [5.74, 6) is 0.391. The van der Waals surface area contributed by atoms with Gasteiger partial charge in [-0.1, -0.05) is 25.5 Å². The van der Waals surface area contributed by atoms with Crippen LogP contribution in [0.3, 0.4) is 0 Å². The second-order valence-electron chi connectivity index (χ2n) is 10.2. The Labute approximate surface area is 238 Å². The monoisotopic (exact) mass is 588 g/mol. The van der Waals surface area contributed by atoms with E-state index in [2.05, 4.69) is 25.3 Å². The minimum absolute atomic E-state index is 0.0491. The zero-order chi connectivity index (χ0) is 29.5. The lowest BCUT2D eigenvalue weighted by molar-refractivity contribution is -0.274. The van der Waals surface area contributed by atoms with Crippen LogP contribution >= 0.6 is 11.3 Å². The maximum absolute atomic E-state index is 12.5. The molecule has 41 heavy (non-hydrogen) atoms. The van der Waals surface area contributed by atoms with Crippen LogP contribution < -0.4 is 15.4 Å². The second kappa shape index (κ2) is 11.4. The maximum atomic E-state index is 12.5. The highest BCUT2D eigenvalue weighted by Gasteiger charge is 2.41. The van der Waals surface area contributed by atoms with E-state index in [1.165, 1.54) is 35.6 Å². The highest BCUT2D eigenvalue weighted by Crippen LogP contribution is 2.39. The first kappa shape index (κ1) is 29.0. The van der Waals surface area contributed by atoms with Crippen molar-refractivity contribution in [2.75, 3.05) is 10.6 Å². The Morgan fingerprint density at radius 3 is 2.41 bits per heavy atom. The van der Waals surface area contributed by atoms with Crippen LogP contribution in [-0.2, 0) is 0 Å². The van der Waals surface area contributed by atoms with Gasteiger partial charge < -0.3 is 25.6 Å². The topological polar surface area (TPSA) is 125 Å². The number of nitrogens with zero attached hydrogens (tertiary/aromatic N) is 4. The number of nitrogens with one attached hydrogen (secondary N) is 2.